The Morgan fingerprint density at radius 1 is 0.875 bits per heavy atom. The molecule has 0 radical (unpaired) electrons. The van der Waals surface area contributed by atoms with Crippen molar-refractivity contribution in [1.82, 2.24) is 10.2 Å². The van der Waals surface area contributed by atoms with Crippen molar-refractivity contribution >= 4 is 23.4 Å². The first-order valence-electron chi connectivity index (χ1n) is 13.5. The van der Waals surface area contributed by atoms with Crippen LogP contribution in [0.5, 0.6) is 0 Å². The number of piperidine rings is 2. The van der Waals surface area contributed by atoms with Crippen LogP contribution in [0.25, 0.3) is 0 Å². The number of amides is 3. The van der Waals surface area contributed by atoms with Gasteiger partial charge in [-0.3, -0.25) is 14.4 Å². The lowest BCUT2D eigenvalue weighted by Gasteiger charge is -2.41. The summed E-state index contributed by atoms with van der Waals surface area (Å²) in [6.45, 7) is 1.18. The van der Waals surface area contributed by atoms with E-state index in [-0.39, 0.29) is 43.3 Å². The summed E-state index contributed by atoms with van der Waals surface area (Å²) in [6.07, 6.45) is 1.41. The summed E-state index contributed by atoms with van der Waals surface area (Å²) < 4.78 is 27.4. The summed E-state index contributed by atoms with van der Waals surface area (Å²) in [5.74, 6) is -1.58. The van der Waals surface area contributed by atoms with E-state index >= 15 is 0 Å². The minimum atomic E-state index is -1.44. The van der Waals surface area contributed by atoms with Crippen LogP contribution in [-0.2, 0) is 15.0 Å². The first-order valence-corrected chi connectivity index (χ1v) is 13.5. The Balaban J connectivity index is 1.31. The van der Waals surface area contributed by atoms with E-state index in [2.05, 4.69) is 5.32 Å². The molecule has 2 saturated heterocycles. The van der Waals surface area contributed by atoms with Crippen LogP contribution in [0.15, 0.2) is 72.8 Å². The molecule has 0 aromatic heterocycles. The summed E-state index contributed by atoms with van der Waals surface area (Å²) in [5, 5.41) is 13.2. The van der Waals surface area contributed by atoms with E-state index in [9.17, 15) is 28.3 Å². The van der Waals surface area contributed by atoms with E-state index in [1.54, 1.807) is 46.2 Å². The predicted molar refractivity (Wildman–Crippen MR) is 145 cm³/mol. The molecule has 2 aliphatic heterocycles. The van der Waals surface area contributed by atoms with Crippen molar-refractivity contribution < 1.29 is 28.3 Å². The SMILES string of the molecule is O=C(c1ccc(N2CCCCC2=O)cc1)N1CCC(C(=O)N[C@@H](O)c2cccc(F)c2)(c2ccc(F)cc2)CC1. The van der Waals surface area contributed by atoms with Crippen LogP contribution in [0, 0.1) is 11.6 Å². The first-order chi connectivity index (χ1) is 19.3. The molecule has 0 aliphatic carbocycles. The highest BCUT2D eigenvalue weighted by molar-refractivity contribution is 5.97. The summed E-state index contributed by atoms with van der Waals surface area (Å²) in [5.41, 5.74) is 0.889. The smallest absolute Gasteiger partial charge is 0.253 e. The Bertz CT molecular complexity index is 1390. The summed E-state index contributed by atoms with van der Waals surface area (Å²) in [4.78, 5) is 42.6. The molecule has 208 valence electrons. The van der Waals surface area contributed by atoms with Gasteiger partial charge in [-0.15, -0.1) is 0 Å². The maximum absolute atomic E-state index is 13.7. The van der Waals surface area contributed by atoms with E-state index in [1.807, 2.05) is 0 Å². The minimum absolute atomic E-state index is 0.0827. The molecule has 0 bridgehead atoms. The van der Waals surface area contributed by atoms with Gasteiger partial charge in [0.1, 0.15) is 11.6 Å². The van der Waals surface area contributed by atoms with Crippen molar-refractivity contribution in [3.63, 3.8) is 0 Å². The number of nitrogens with zero attached hydrogens (tertiary/aromatic N) is 2. The number of carbonyl (C=O) groups is 3. The van der Waals surface area contributed by atoms with E-state index in [0.717, 1.165) is 24.6 Å². The molecule has 40 heavy (non-hydrogen) atoms. The predicted octanol–water partition coefficient (Wildman–Crippen LogP) is 4.46. The number of aliphatic hydroxyl groups is 1. The van der Waals surface area contributed by atoms with Gasteiger partial charge >= 0.3 is 0 Å². The topological polar surface area (TPSA) is 90.0 Å². The van der Waals surface area contributed by atoms with Crippen LogP contribution < -0.4 is 10.2 Å². The fourth-order valence-corrected chi connectivity index (χ4v) is 5.58. The second kappa shape index (κ2) is 11.6. The average molecular weight is 548 g/mol. The molecule has 7 nitrogen and oxygen atoms in total. The molecule has 0 saturated carbocycles. The Labute approximate surface area is 231 Å². The third-order valence-electron chi connectivity index (χ3n) is 7.92. The van der Waals surface area contributed by atoms with Crippen LogP contribution in [0.2, 0.25) is 0 Å². The van der Waals surface area contributed by atoms with E-state index in [0.29, 0.717) is 24.1 Å². The number of aliphatic hydroxyl groups excluding tert-OH is 1. The Kier molecular flexibility index (Phi) is 7.93. The number of hydrogen-bond acceptors (Lipinski definition) is 4. The molecule has 0 spiro atoms. The van der Waals surface area contributed by atoms with Crippen molar-refractivity contribution in [3.05, 3.63) is 101 Å². The quantitative estimate of drug-likeness (QED) is 0.446. The maximum atomic E-state index is 13.7. The van der Waals surface area contributed by atoms with Crippen molar-refractivity contribution in [2.75, 3.05) is 24.5 Å². The van der Waals surface area contributed by atoms with Gasteiger partial charge < -0.3 is 20.2 Å². The van der Waals surface area contributed by atoms with Crippen LogP contribution >= 0.6 is 0 Å². The lowest BCUT2D eigenvalue weighted by Crippen LogP contribution is -2.53. The van der Waals surface area contributed by atoms with Crippen LogP contribution in [0.3, 0.4) is 0 Å². The molecular formula is C31H31F2N3O4. The fourth-order valence-electron chi connectivity index (χ4n) is 5.58. The highest BCUT2D eigenvalue weighted by Crippen LogP contribution is 2.37. The number of anilines is 1. The molecular weight excluding hydrogens is 516 g/mol. The third-order valence-corrected chi connectivity index (χ3v) is 7.92. The van der Waals surface area contributed by atoms with E-state index in [4.69, 9.17) is 0 Å². The normalized spacial score (nSPS) is 17.8. The highest BCUT2D eigenvalue weighted by Gasteiger charge is 2.44. The van der Waals surface area contributed by atoms with Crippen LogP contribution in [0.4, 0.5) is 14.5 Å². The van der Waals surface area contributed by atoms with E-state index < -0.39 is 29.2 Å². The molecule has 2 aliphatic rings. The largest absolute Gasteiger partial charge is 0.369 e. The van der Waals surface area contributed by atoms with Crippen molar-refractivity contribution in [2.24, 2.45) is 0 Å². The minimum Gasteiger partial charge on any atom is -0.369 e. The molecule has 2 fully saturated rings. The Hall–Kier alpha value is -4.11. The molecule has 2 heterocycles. The number of likely N-dealkylation sites (tertiary alicyclic amines) is 1. The standard InChI is InChI=1S/C31H31F2N3O4/c32-24-11-9-23(10-12-24)31(30(40)34-28(38)22-4-3-5-25(33)20-22)15-18-35(19-16-31)29(39)21-7-13-26(14-8-21)36-17-2-1-6-27(36)37/h3-5,7-14,20,28,38H,1-2,6,15-19H2,(H,34,40)/t28-/m0/s1. The van der Waals surface area contributed by atoms with Gasteiger partial charge in [0.05, 0.1) is 5.41 Å². The monoisotopic (exact) mass is 547 g/mol. The van der Waals surface area contributed by atoms with Gasteiger partial charge in [-0.05, 0) is 79.8 Å². The maximum Gasteiger partial charge on any atom is 0.253 e. The van der Waals surface area contributed by atoms with Crippen molar-refractivity contribution in [1.29, 1.82) is 0 Å². The van der Waals surface area contributed by atoms with Gasteiger partial charge in [-0.2, -0.15) is 0 Å². The molecule has 3 amide bonds. The number of rotatable bonds is 6. The molecule has 0 unspecified atom stereocenters. The number of halogens is 2. The molecule has 3 aromatic rings. The van der Waals surface area contributed by atoms with E-state index in [1.165, 1.54) is 30.3 Å². The highest BCUT2D eigenvalue weighted by atomic mass is 19.1. The van der Waals surface area contributed by atoms with Gasteiger partial charge in [-0.1, -0.05) is 24.3 Å². The molecule has 2 N–H and O–H groups in total. The number of carbonyl (C=O) groups excluding carboxylic acids is 3. The number of nitrogens with one attached hydrogen (secondary N) is 1. The van der Waals surface area contributed by atoms with Crippen LogP contribution in [0.1, 0.15) is 59.8 Å². The van der Waals surface area contributed by atoms with Gasteiger partial charge in [0.2, 0.25) is 11.8 Å². The zero-order valence-corrected chi connectivity index (χ0v) is 22.0. The van der Waals surface area contributed by atoms with Gasteiger partial charge in [0.15, 0.2) is 6.23 Å². The van der Waals surface area contributed by atoms with Gasteiger partial charge in [0, 0.05) is 42.9 Å². The second-order valence-electron chi connectivity index (χ2n) is 10.4. The zero-order chi connectivity index (χ0) is 28.3. The van der Waals surface area contributed by atoms with Crippen LogP contribution in [-0.4, -0.2) is 47.4 Å². The lowest BCUT2D eigenvalue weighted by atomic mass is 9.71. The van der Waals surface area contributed by atoms with Crippen molar-refractivity contribution in [3.8, 4) is 0 Å². The van der Waals surface area contributed by atoms with Gasteiger partial charge in [-0.25, -0.2) is 8.78 Å². The fraction of sp³-hybridized carbons (Fsp3) is 0.323. The van der Waals surface area contributed by atoms with Gasteiger partial charge in [0.25, 0.3) is 5.91 Å². The average Bonchev–Trinajstić information content (AvgIpc) is 2.97. The summed E-state index contributed by atoms with van der Waals surface area (Å²) in [7, 11) is 0. The first kappa shape index (κ1) is 27.5. The Morgan fingerprint density at radius 3 is 2.23 bits per heavy atom. The second-order valence-corrected chi connectivity index (χ2v) is 10.4. The molecule has 1 atom stereocenters. The molecule has 9 heteroatoms. The number of hydrogen-bond donors (Lipinski definition) is 2. The zero-order valence-electron chi connectivity index (χ0n) is 22.0. The van der Waals surface area contributed by atoms with Crippen molar-refractivity contribution in [2.45, 2.75) is 43.7 Å². The molecule has 5 rings (SSSR count). The Morgan fingerprint density at radius 2 is 1.57 bits per heavy atom. The molecule has 3 aromatic carbocycles. The summed E-state index contributed by atoms with van der Waals surface area (Å²) in [6, 6.07) is 18.0. The lowest BCUT2D eigenvalue weighted by molar-refractivity contribution is -0.131. The third kappa shape index (κ3) is 5.60. The number of benzene rings is 3. The summed E-state index contributed by atoms with van der Waals surface area (Å²) >= 11 is 0.